The van der Waals surface area contributed by atoms with Crippen molar-refractivity contribution in [2.24, 2.45) is 11.7 Å². The summed E-state index contributed by atoms with van der Waals surface area (Å²) in [5, 5.41) is 0.753. The van der Waals surface area contributed by atoms with Gasteiger partial charge in [0.05, 0.1) is 23.3 Å². The van der Waals surface area contributed by atoms with Gasteiger partial charge in [-0.05, 0) is 68.2 Å². The second kappa shape index (κ2) is 10.6. The van der Waals surface area contributed by atoms with E-state index in [-0.39, 0.29) is 12.4 Å². The average Bonchev–Trinajstić information content (AvgIpc) is 3.25. The van der Waals surface area contributed by atoms with Crippen molar-refractivity contribution < 1.29 is 0 Å². The summed E-state index contributed by atoms with van der Waals surface area (Å²) < 4.78 is 2.10. The lowest BCUT2D eigenvalue weighted by molar-refractivity contribution is 0.323. The van der Waals surface area contributed by atoms with Gasteiger partial charge in [-0.25, -0.2) is 15.0 Å². The first-order valence-corrected chi connectivity index (χ1v) is 11.7. The summed E-state index contributed by atoms with van der Waals surface area (Å²) in [5.74, 6) is 1.44. The quantitative estimate of drug-likeness (QED) is 0.412. The van der Waals surface area contributed by atoms with Gasteiger partial charge in [-0.15, -0.1) is 12.4 Å². The summed E-state index contributed by atoms with van der Waals surface area (Å²) in [6.07, 6.45) is 14.6. The van der Waals surface area contributed by atoms with E-state index in [0.717, 1.165) is 65.7 Å². The van der Waals surface area contributed by atoms with Crippen LogP contribution in [0, 0.1) is 5.92 Å². The van der Waals surface area contributed by atoms with Crippen molar-refractivity contribution in [2.75, 3.05) is 0 Å². The van der Waals surface area contributed by atoms with E-state index in [1.165, 1.54) is 18.4 Å². The molecule has 172 valence electrons. The Kier molecular flexibility index (Phi) is 7.58. The molecule has 1 aliphatic rings. The smallest absolute Gasteiger partial charge is 0.159 e. The molecule has 33 heavy (non-hydrogen) atoms. The molecule has 0 unspecified atom stereocenters. The molecule has 2 N–H and O–H groups in total. The molecule has 3 heterocycles. The number of nitrogens with two attached hydrogens (primary N) is 1. The van der Waals surface area contributed by atoms with Crippen LogP contribution in [-0.4, -0.2) is 30.4 Å². The molecule has 0 amide bonds. The van der Waals surface area contributed by atoms with E-state index in [0.29, 0.717) is 12.0 Å². The Morgan fingerprint density at radius 2 is 1.85 bits per heavy atom. The van der Waals surface area contributed by atoms with E-state index < -0.39 is 0 Å². The van der Waals surface area contributed by atoms with Crippen molar-refractivity contribution >= 4 is 29.7 Å². The van der Waals surface area contributed by atoms with Crippen LogP contribution in [0.4, 0.5) is 0 Å². The molecule has 8 heteroatoms. The van der Waals surface area contributed by atoms with E-state index in [2.05, 4.69) is 20.4 Å². The van der Waals surface area contributed by atoms with Gasteiger partial charge in [-0.2, -0.15) is 0 Å². The molecule has 1 fully saturated rings. The number of aryl methyl sites for hydroxylation is 2. The molecule has 1 aliphatic carbocycles. The first-order valence-electron chi connectivity index (χ1n) is 11.3. The molecular formula is C25H28Cl2N6. The van der Waals surface area contributed by atoms with Gasteiger partial charge in [-0.3, -0.25) is 9.38 Å². The minimum atomic E-state index is 0. The zero-order valence-electron chi connectivity index (χ0n) is 18.4. The summed E-state index contributed by atoms with van der Waals surface area (Å²) in [4.78, 5) is 18.7. The third-order valence-corrected chi connectivity index (χ3v) is 6.60. The normalized spacial score (nSPS) is 18.2. The third kappa shape index (κ3) is 5.52. The molecule has 0 bridgehead atoms. The zero-order chi connectivity index (χ0) is 21.9. The van der Waals surface area contributed by atoms with Crippen LogP contribution in [0.1, 0.15) is 42.8 Å². The molecule has 0 aliphatic heterocycles. The van der Waals surface area contributed by atoms with E-state index in [1.54, 1.807) is 0 Å². The number of halogens is 2. The molecule has 1 saturated carbocycles. The fourth-order valence-electron chi connectivity index (χ4n) is 4.58. The highest BCUT2D eigenvalue weighted by molar-refractivity contribution is 6.30. The zero-order valence-corrected chi connectivity index (χ0v) is 20.0. The molecule has 0 radical (unpaired) electrons. The Morgan fingerprint density at radius 3 is 2.67 bits per heavy atom. The topological polar surface area (TPSA) is 82.0 Å². The molecule has 0 saturated heterocycles. The van der Waals surface area contributed by atoms with Crippen molar-refractivity contribution in [1.29, 1.82) is 0 Å². The number of benzene rings is 1. The predicted octanol–water partition coefficient (Wildman–Crippen LogP) is 5.11. The number of hydrogen-bond donors (Lipinski definition) is 1. The van der Waals surface area contributed by atoms with Crippen molar-refractivity contribution in [2.45, 2.75) is 51.0 Å². The summed E-state index contributed by atoms with van der Waals surface area (Å²) in [5.41, 5.74) is 11.0. The monoisotopic (exact) mass is 482 g/mol. The summed E-state index contributed by atoms with van der Waals surface area (Å²) in [7, 11) is 0. The molecule has 3 aromatic heterocycles. The van der Waals surface area contributed by atoms with Gasteiger partial charge in [0.25, 0.3) is 0 Å². The van der Waals surface area contributed by atoms with Crippen molar-refractivity contribution in [3.63, 3.8) is 0 Å². The van der Waals surface area contributed by atoms with Gasteiger partial charge >= 0.3 is 0 Å². The molecule has 5 rings (SSSR count). The van der Waals surface area contributed by atoms with Gasteiger partial charge in [0.1, 0.15) is 5.82 Å². The molecule has 0 atom stereocenters. The first kappa shape index (κ1) is 23.6. The number of imidazole rings is 1. The highest BCUT2D eigenvalue weighted by Gasteiger charge is 2.21. The van der Waals surface area contributed by atoms with Gasteiger partial charge < -0.3 is 5.73 Å². The summed E-state index contributed by atoms with van der Waals surface area (Å²) in [6.45, 7) is 0. The highest BCUT2D eigenvalue weighted by Crippen LogP contribution is 2.28. The lowest BCUT2D eigenvalue weighted by Gasteiger charge is -2.25. The number of nitrogens with zero attached hydrogens (tertiary/aromatic N) is 5. The van der Waals surface area contributed by atoms with Crippen LogP contribution in [0.5, 0.6) is 0 Å². The number of fused-ring (bicyclic) bond motifs is 1. The lowest BCUT2D eigenvalue weighted by atomic mass is 9.84. The third-order valence-electron chi connectivity index (χ3n) is 6.37. The van der Waals surface area contributed by atoms with E-state index in [9.17, 15) is 0 Å². The largest absolute Gasteiger partial charge is 0.328 e. The predicted molar refractivity (Wildman–Crippen MR) is 134 cm³/mol. The fraction of sp³-hybridized carbons (Fsp3) is 0.360. The Morgan fingerprint density at radius 1 is 1.00 bits per heavy atom. The maximum absolute atomic E-state index is 6.10. The number of hydrogen-bond acceptors (Lipinski definition) is 5. The van der Waals surface area contributed by atoms with Crippen molar-refractivity contribution in [3.8, 4) is 11.4 Å². The van der Waals surface area contributed by atoms with Crippen LogP contribution >= 0.6 is 24.0 Å². The minimum absolute atomic E-state index is 0. The molecule has 1 aromatic carbocycles. The van der Waals surface area contributed by atoms with E-state index in [4.69, 9.17) is 27.3 Å². The lowest BCUT2D eigenvalue weighted by Crippen LogP contribution is -2.27. The van der Waals surface area contributed by atoms with Crippen LogP contribution in [0.15, 0.2) is 55.1 Å². The van der Waals surface area contributed by atoms with E-state index >= 15 is 0 Å². The minimum Gasteiger partial charge on any atom is -0.328 e. The van der Waals surface area contributed by atoms with Crippen molar-refractivity contribution in [1.82, 2.24) is 24.3 Å². The van der Waals surface area contributed by atoms with Gasteiger partial charge in [0, 0.05) is 36.1 Å². The molecular weight excluding hydrogens is 455 g/mol. The summed E-state index contributed by atoms with van der Waals surface area (Å²) >= 11 is 6.10. The van der Waals surface area contributed by atoms with Gasteiger partial charge in [-0.1, -0.05) is 23.7 Å². The maximum atomic E-state index is 6.10. The maximum Gasteiger partial charge on any atom is 0.159 e. The first-order chi connectivity index (χ1) is 15.7. The second-order valence-electron chi connectivity index (χ2n) is 8.68. The molecule has 0 spiro atoms. The highest BCUT2D eigenvalue weighted by atomic mass is 35.5. The van der Waals surface area contributed by atoms with Crippen molar-refractivity contribution in [3.05, 3.63) is 77.2 Å². The van der Waals surface area contributed by atoms with Crippen LogP contribution in [0.25, 0.3) is 17.0 Å². The Labute approximate surface area is 205 Å². The standard InChI is InChI=1S/C25H27ClN6.ClH/c26-19-3-1-2-17(14-19)6-9-24-29-11-10-21(31-24)23-16-30-25-22(28-12-13-32(23)25)15-18-4-7-20(27)8-5-18;/h1-3,10-14,16,18,20H,4-9,15,27H2;1H. The Balaban J connectivity index is 0.00000259. The van der Waals surface area contributed by atoms with Crippen LogP contribution in [0.2, 0.25) is 5.02 Å². The Bertz CT molecular complexity index is 1220. The average molecular weight is 483 g/mol. The van der Waals surface area contributed by atoms with Crippen LogP contribution < -0.4 is 5.73 Å². The molecule has 6 nitrogen and oxygen atoms in total. The fourth-order valence-corrected chi connectivity index (χ4v) is 4.80. The van der Waals surface area contributed by atoms with Crippen LogP contribution in [0.3, 0.4) is 0 Å². The number of aromatic nitrogens is 5. The number of rotatable bonds is 6. The molecule has 4 aromatic rings. The second-order valence-corrected chi connectivity index (χ2v) is 9.12. The SMILES string of the molecule is Cl.NC1CCC(Cc2nccn3c(-c4ccnc(CCc5cccc(Cl)c5)n4)cnc23)CC1. The van der Waals surface area contributed by atoms with Crippen LogP contribution in [-0.2, 0) is 19.3 Å². The van der Waals surface area contributed by atoms with E-state index in [1.807, 2.05) is 49.1 Å². The van der Waals surface area contributed by atoms with Gasteiger partial charge in [0.2, 0.25) is 0 Å². The van der Waals surface area contributed by atoms with Gasteiger partial charge in [0.15, 0.2) is 5.65 Å². The Hall–Kier alpha value is -2.54. The summed E-state index contributed by atoms with van der Waals surface area (Å²) in [6, 6.07) is 10.2.